The van der Waals surface area contributed by atoms with Crippen molar-refractivity contribution in [2.75, 3.05) is 0 Å². The minimum absolute atomic E-state index is 0.00708. The van der Waals surface area contributed by atoms with E-state index in [2.05, 4.69) is 9.72 Å². The van der Waals surface area contributed by atoms with Gasteiger partial charge in [0.05, 0.1) is 13.1 Å². The van der Waals surface area contributed by atoms with Gasteiger partial charge in [-0.05, 0) is 41.8 Å². The second-order valence-electron chi connectivity index (χ2n) is 7.17. The predicted molar refractivity (Wildman–Crippen MR) is 109 cm³/mol. The van der Waals surface area contributed by atoms with Gasteiger partial charge >= 0.3 is 18.0 Å². The molecule has 0 fully saturated rings. The average molecular weight is 433 g/mol. The van der Waals surface area contributed by atoms with E-state index in [9.17, 15) is 22.8 Å². The molecular weight excluding hydrogens is 411 g/mol. The van der Waals surface area contributed by atoms with Gasteiger partial charge in [0.25, 0.3) is 0 Å². The zero-order valence-electron chi connectivity index (χ0n) is 17.1. The van der Waals surface area contributed by atoms with Crippen LogP contribution in [-0.4, -0.2) is 20.7 Å². The molecule has 0 N–H and O–H groups in total. The fraction of sp³-hybridized carbons (Fsp3) is 0.318. The van der Waals surface area contributed by atoms with Crippen molar-refractivity contribution in [1.29, 1.82) is 0 Å². The summed E-state index contributed by atoms with van der Waals surface area (Å²) in [7, 11) is 0. The Morgan fingerprint density at radius 2 is 1.48 bits per heavy atom. The van der Waals surface area contributed by atoms with E-state index in [1.807, 2.05) is 13.8 Å². The van der Waals surface area contributed by atoms with E-state index < -0.39 is 23.8 Å². The number of rotatable bonds is 8. The quantitative estimate of drug-likeness (QED) is 0.543. The number of benzene rings is 2. The molecular formula is C22H22F3N3O3. The molecule has 0 saturated carbocycles. The molecule has 0 spiro atoms. The molecule has 0 aliphatic rings. The Hall–Kier alpha value is -3.36. The molecule has 0 radical (unpaired) electrons. The monoisotopic (exact) mass is 433 g/mol. The second-order valence-corrected chi connectivity index (χ2v) is 7.17. The fourth-order valence-electron chi connectivity index (χ4n) is 3.12. The summed E-state index contributed by atoms with van der Waals surface area (Å²) in [5, 5.41) is 0. The van der Waals surface area contributed by atoms with Gasteiger partial charge in [0.1, 0.15) is 17.4 Å². The number of aromatic nitrogens is 3. The summed E-state index contributed by atoms with van der Waals surface area (Å²) in [4.78, 5) is 29.9. The van der Waals surface area contributed by atoms with Crippen molar-refractivity contribution >= 4 is 0 Å². The first-order valence-corrected chi connectivity index (χ1v) is 9.78. The second kappa shape index (κ2) is 9.63. The Balaban J connectivity index is 2.01. The van der Waals surface area contributed by atoms with E-state index in [4.69, 9.17) is 0 Å². The van der Waals surface area contributed by atoms with Crippen LogP contribution in [0.1, 0.15) is 43.1 Å². The number of ether oxygens (including phenoxy) is 1. The third-order valence-corrected chi connectivity index (χ3v) is 4.98. The summed E-state index contributed by atoms with van der Waals surface area (Å²) in [6.07, 6.45) is 0.662. The lowest BCUT2D eigenvalue weighted by atomic mass is 10.1. The third kappa shape index (κ3) is 5.42. The Morgan fingerprint density at radius 1 is 0.935 bits per heavy atom. The third-order valence-electron chi connectivity index (χ3n) is 4.98. The van der Waals surface area contributed by atoms with Crippen LogP contribution in [0.3, 0.4) is 0 Å². The van der Waals surface area contributed by atoms with Crippen molar-refractivity contribution < 1.29 is 17.9 Å². The highest BCUT2D eigenvalue weighted by Crippen LogP contribution is 2.18. The molecule has 0 aliphatic carbocycles. The van der Waals surface area contributed by atoms with Crippen LogP contribution in [-0.2, 0) is 13.1 Å². The maximum absolute atomic E-state index is 13.2. The van der Waals surface area contributed by atoms with E-state index >= 15 is 0 Å². The summed E-state index contributed by atoms with van der Waals surface area (Å²) in [5.41, 5.74) is 0.00915. The molecule has 1 aromatic heterocycles. The molecule has 31 heavy (non-hydrogen) atoms. The van der Waals surface area contributed by atoms with Crippen LogP contribution in [0.4, 0.5) is 13.2 Å². The highest BCUT2D eigenvalue weighted by atomic mass is 19.3. The molecule has 1 atom stereocenters. The van der Waals surface area contributed by atoms with Crippen molar-refractivity contribution in [1.82, 2.24) is 14.1 Å². The van der Waals surface area contributed by atoms with Gasteiger partial charge in [-0.25, -0.2) is 18.5 Å². The van der Waals surface area contributed by atoms with Crippen molar-refractivity contribution in [2.45, 2.75) is 45.9 Å². The molecule has 1 unspecified atom stereocenters. The van der Waals surface area contributed by atoms with E-state index in [1.54, 1.807) is 12.1 Å². The van der Waals surface area contributed by atoms with E-state index in [0.717, 1.165) is 4.57 Å². The van der Waals surface area contributed by atoms with Crippen molar-refractivity contribution in [2.24, 2.45) is 0 Å². The van der Waals surface area contributed by atoms with Gasteiger partial charge in [0.2, 0.25) is 0 Å². The Labute approximate surface area is 176 Å². The summed E-state index contributed by atoms with van der Waals surface area (Å²) in [6, 6.07) is 11.4. The highest BCUT2D eigenvalue weighted by Gasteiger charge is 2.18. The van der Waals surface area contributed by atoms with Gasteiger partial charge < -0.3 is 4.74 Å². The van der Waals surface area contributed by atoms with Crippen LogP contribution >= 0.6 is 0 Å². The fourth-order valence-corrected chi connectivity index (χ4v) is 3.12. The minimum atomic E-state index is -2.93. The van der Waals surface area contributed by atoms with Crippen LogP contribution in [0.15, 0.2) is 58.1 Å². The van der Waals surface area contributed by atoms with Crippen LogP contribution in [0.2, 0.25) is 0 Å². The van der Waals surface area contributed by atoms with Crippen LogP contribution in [0.25, 0.3) is 0 Å². The topological polar surface area (TPSA) is 66.1 Å². The Kier molecular flexibility index (Phi) is 6.94. The van der Waals surface area contributed by atoms with Gasteiger partial charge in [-0.1, -0.05) is 38.1 Å². The number of hydrogen-bond donors (Lipinski definition) is 0. The zero-order valence-corrected chi connectivity index (χ0v) is 17.1. The first kappa shape index (κ1) is 22.3. The summed E-state index contributed by atoms with van der Waals surface area (Å²) in [6.45, 7) is 0.907. The largest absolute Gasteiger partial charge is 0.435 e. The van der Waals surface area contributed by atoms with Crippen LogP contribution < -0.4 is 16.1 Å². The molecule has 3 rings (SSSR count). The molecule has 164 valence electrons. The van der Waals surface area contributed by atoms with Crippen molar-refractivity contribution in [3.05, 3.63) is 92.3 Å². The zero-order chi connectivity index (χ0) is 22.5. The van der Waals surface area contributed by atoms with Gasteiger partial charge in [-0.15, -0.1) is 0 Å². The Bertz CT molecular complexity index is 1140. The maximum atomic E-state index is 13.2. The van der Waals surface area contributed by atoms with E-state index in [1.165, 1.54) is 41.0 Å². The number of halogens is 3. The lowest BCUT2D eigenvalue weighted by Crippen LogP contribution is -2.44. The van der Waals surface area contributed by atoms with E-state index in [0.29, 0.717) is 23.4 Å². The SMILES string of the molecule is CCC(C)c1nc(=O)n(Cc2ccc(F)cc2)c(=O)n1Cc1ccc(OC(F)F)cc1. The minimum Gasteiger partial charge on any atom is -0.435 e. The van der Waals surface area contributed by atoms with Crippen molar-refractivity contribution in [3.8, 4) is 5.75 Å². The molecule has 0 bridgehead atoms. The number of hydrogen-bond acceptors (Lipinski definition) is 4. The average Bonchev–Trinajstić information content (AvgIpc) is 2.74. The molecule has 9 heteroatoms. The number of alkyl halides is 2. The summed E-state index contributed by atoms with van der Waals surface area (Å²) < 4.78 is 44.6. The lowest BCUT2D eigenvalue weighted by Gasteiger charge is -2.18. The molecule has 0 saturated heterocycles. The van der Waals surface area contributed by atoms with E-state index in [-0.39, 0.29) is 24.8 Å². The Morgan fingerprint density at radius 3 is 2.03 bits per heavy atom. The van der Waals surface area contributed by atoms with Crippen LogP contribution in [0, 0.1) is 5.82 Å². The van der Waals surface area contributed by atoms with Gasteiger partial charge in [-0.2, -0.15) is 13.8 Å². The van der Waals surface area contributed by atoms with Gasteiger partial charge in [0.15, 0.2) is 0 Å². The van der Waals surface area contributed by atoms with Gasteiger partial charge in [-0.3, -0.25) is 4.57 Å². The molecule has 0 aliphatic heterocycles. The smallest absolute Gasteiger partial charge is 0.387 e. The first-order chi connectivity index (χ1) is 14.8. The maximum Gasteiger partial charge on any atom is 0.387 e. The normalized spacial score (nSPS) is 12.2. The molecule has 1 heterocycles. The van der Waals surface area contributed by atoms with Crippen LogP contribution in [0.5, 0.6) is 5.75 Å². The molecule has 3 aromatic rings. The number of nitrogens with zero attached hydrogens (tertiary/aromatic N) is 3. The van der Waals surface area contributed by atoms with Gasteiger partial charge in [0, 0.05) is 5.92 Å². The first-order valence-electron chi connectivity index (χ1n) is 9.78. The molecule has 6 nitrogen and oxygen atoms in total. The molecule has 2 aromatic carbocycles. The van der Waals surface area contributed by atoms with Crippen molar-refractivity contribution in [3.63, 3.8) is 0 Å². The predicted octanol–water partition coefficient (Wildman–Crippen LogP) is 3.76. The lowest BCUT2D eigenvalue weighted by molar-refractivity contribution is -0.0498. The summed E-state index contributed by atoms with van der Waals surface area (Å²) >= 11 is 0. The summed E-state index contributed by atoms with van der Waals surface area (Å²) in [5.74, 6) is -0.214. The highest BCUT2D eigenvalue weighted by molar-refractivity contribution is 5.27. The molecule has 0 amide bonds. The standard InChI is InChI=1S/C22H22F3N3O3/c1-3-14(2)19-26-21(29)28(13-15-4-8-17(23)9-5-15)22(30)27(19)12-16-6-10-18(11-7-16)31-20(24)25/h4-11,14,20H,3,12-13H2,1-2H3.